The van der Waals surface area contributed by atoms with Crippen LogP contribution in [0.25, 0.3) is 0 Å². The first-order valence-electron chi connectivity index (χ1n) is 4.99. The van der Waals surface area contributed by atoms with Gasteiger partial charge in [0, 0.05) is 12.2 Å². The molecule has 6 heteroatoms. The van der Waals surface area contributed by atoms with E-state index in [1.54, 1.807) is 6.07 Å². The Morgan fingerprint density at radius 1 is 1.41 bits per heavy atom. The number of benzene rings is 1. The fraction of sp³-hybridized carbons (Fsp3) is 0.273. The van der Waals surface area contributed by atoms with Crippen LogP contribution < -0.4 is 10.6 Å². The lowest BCUT2D eigenvalue weighted by Gasteiger charge is -2.06. The van der Waals surface area contributed by atoms with Crippen molar-refractivity contribution in [3.8, 4) is 0 Å². The monoisotopic (exact) mass is 240 g/mol. The maximum absolute atomic E-state index is 12.8. The van der Waals surface area contributed by atoms with Crippen LogP contribution in [0.1, 0.15) is 6.42 Å². The number of hydrogen-bond donors (Lipinski definition) is 2. The predicted octanol–water partition coefficient (Wildman–Crippen LogP) is 1.51. The van der Waals surface area contributed by atoms with Crippen LogP contribution in [0.3, 0.4) is 0 Å². The lowest BCUT2D eigenvalue weighted by Crippen LogP contribution is -2.30. The van der Waals surface area contributed by atoms with E-state index in [0.29, 0.717) is 5.69 Å². The number of ether oxygens (including phenoxy) is 1. The van der Waals surface area contributed by atoms with Crippen LogP contribution in [0.5, 0.6) is 0 Å². The van der Waals surface area contributed by atoms with Crippen LogP contribution in [0.15, 0.2) is 24.3 Å². The molecule has 0 heterocycles. The molecule has 0 bridgehead atoms. The highest BCUT2D eigenvalue weighted by atomic mass is 19.1. The van der Waals surface area contributed by atoms with Gasteiger partial charge in [0.15, 0.2) is 0 Å². The highest BCUT2D eigenvalue weighted by molar-refractivity contribution is 5.89. The SMILES string of the molecule is COC(=O)CCNC(=O)Nc1cccc(F)c1. The van der Waals surface area contributed by atoms with E-state index in [1.165, 1.54) is 25.3 Å². The maximum Gasteiger partial charge on any atom is 0.319 e. The second-order valence-corrected chi connectivity index (χ2v) is 3.22. The smallest absolute Gasteiger partial charge is 0.319 e. The summed E-state index contributed by atoms with van der Waals surface area (Å²) < 4.78 is 17.2. The van der Waals surface area contributed by atoms with Crippen molar-refractivity contribution in [3.05, 3.63) is 30.1 Å². The summed E-state index contributed by atoms with van der Waals surface area (Å²) in [6.45, 7) is 0.161. The van der Waals surface area contributed by atoms with Crippen LogP contribution in [-0.2, 0) is 9.53 Å². The van der Waals surface area contributed by atoms with Crippen LogP contribution >= 0.6 is 0 Å². The standard InChI is InChI=1S/C11H13FN2O3/c1-17-10(15)5-6-13-11(16)14-9-4-2-3-8(12)7-9/h2-4,7H,5-6H2,1H3,(H2,13,14,16). The molecule has 0 aliphatic heterocycles. The molecule has 1 aromatic carbocycles. The van der Waals surface area contributed by atoms with Crippen LogP contribution in [0.2, 0.25) is 0 Å². The van der Waals surface area contributed by atoms with E-state index in [4.69, 9.17) is 0 Å². The van der Waals surface area contributed by atoms with Gasteiger partial charge in [-0.05, 0) is 18.2 Å². The fourth-order valence-corrected chi connectivity index (χ4v) is 1.12. The highest BCUT2D eigenvalue weighted by Gasteiger charge is 2.04. The van der Waals surface area contributed by atoms with Crippen molar-refractivity contribution in [2.24, 2.45) is 0 Å². The summed E-state index contributed by atoms with van der Waals surface area (Å²) >= 11 is 0. The van der Waals surface area contributed by atoms with Gasteiger partial charge >= 0.3 is 12.0 Å². The zero-order valence-corrected chi connectivity index (χ0v) is 9.33. The average Bonchev–Trinajstić information content (AvgIpc) is 2.28. The third-order valence-electron chi connectivity index (χ3n) is 1.92. The largest absolute Gasteiger partial charge is 0.469 e. The molecule has 0 aliphatic carbocycles. The van der Waals surface area contributed by atoms with E-state index >= 15 is 0 Å². The number of carbonyl (C=O) groups is 2. The highest BCUT2D eigenvalue weighted by Crippen LogP contribution is 2.08. The normalized spacial score (nSPS) is 9.53. The molecule has 5 nitrogen and oxygen atoms in total. The Balaban J connectivity index is 2.32. The molecule has 0 aliphatic rings. The number of anilines is 1. The van der Waals surface area contributed by atoms with E-state index in [9.17, 15) is 14.0 Å². The second-order valence-electron chi connectivity index (χ2n) is 3.22. The molecular formula is C11H13FN2O3. The Morgan fingerprint density at radius 3 is 2.82 bits per heavy atom. The van der Waals surface area contributed by atoms with Gasteiger partial charge in [-0.25, -0.2) is 9.18 Å². The third kappa shape index (κ3) is 4.96. The van der Waals surface area contributed by atoms with Crippen molar-refractivity contribution in [2.75, 3.05) is 19.0 Å². The van der Waals surface area contributed by atoms with Crippen molar-refractivity contribution in [2.45, 2.75) is 6.42 Å². The summed E-state index contributed by atoms with van der Waals surface area (Å²) in [6, 6.07) is 5.02. The van der Waals surface area contributed by atoms with Crippen LogP contribution in [0.4, 0.5) is 14.9 Å². The first-order valence-corrected chi connectivity index (χ1v) is 4.99. The summed E-state index contributed by atoms with van der Waals surface area (Å²) in [5.41, 5.74) is 0.348. The Morgan fingerprint density at radius 2 is 2.18 bits per heavy atom. The molecule has 0 saturated carbocycles. The van der Waals surface area contributed by atoms with E-state index in [1.807, 2.05) is 0 Å². The summed E-state index contributed by atoms with van der Waals surface area (Å²) in [5.74, 6) is -0.839. The van der Waals surface area contributed by atoms with E-state index in [2.05, 4.69) is 15.4 Å². The van der Waals surface area contributed by atoms with Gasteiger partial charge in [0.25, 0.3) is 0 Å². The predicted molar refractivity (Wildman–Crippen MR) is 60.1 cm³/mol. The molecule has 1 aromatic rings. The lowest BCUT2D eigenvalue weighted by molar-refractivity contribution is -0.140. The number of esters is 1. The van der Waals surface area contributed by atoms with Gasteiger partial charge in [-0.3, -0.25) is 4.79 Å². The van der Waals surface area contributed by atoms with Gasteiger partial charge in [0.05, 0.1) is 13.5 Å². The van der Waals surface area contributed by atoms with Crippen molar-refractivity contribution in [3.63, 3.8) is 0 Å². The number of urea groups is 1. The van der Waals surface area contributed by atoms with Crippen molar-refractivity contribution < 1.29 is 18.7 Å². The van der Waals surface area contributed by atoms with E-state index in [-0.39, 0.29) is 13.0 Å². The molecule has 2 N–H and O–H groups in total. The lowest BCUT2D eigenvalue weighted by atomic mass is 10.3. The van der Waals surface area contributed by atoms with Crippen molar-refractivity contribution >= 4 is 17.7 Å². The summed E-state index contributed by atoms with van der Waals surface area (Å²) in [4.78, 5) is 22.0. The number of nitrogens with one attached hydrogen (secondary N) is 2. The second kappa shape index (κ2) is 6.47. The number of methoxy groups -OCH3 is 1. The molecule has 1 rings (SSSR count). The Hall–Kier alpha value is -2.11. The van der Waals surface area contributed by atoms with Crippen LogP contribution in [-0.4, -0.2) is 25.7 Å². The Bertz CT molecular complexity index is 409. The van der Waals surface area contributed by atoms with Crippen LogP contribution in [0, 0.1) is 5.82 Å². The summed E-state index contributed by atoms with van der Waals surface area (Å²) in [6.07, 6.45) is 0.0903. The molecule has 0 radical (unpaired) electrons. The Kier molecular flexibility index (Phi) is 4.93. The minimum absolute atomic E-state index is 0.0903. The molecule has 0 spiro atoms. The minimum Gasteiger partial charge on any atom is -0.469 e. The molecule has 0 saturated heterocycles. The van der Waals surface area contributed by atoms with Crippen molar-refractivity contribution in [1.82, 2.24) is 5.32 Å². The van der Waals surface area contributed by atoms with E-state index < -0.39 is 17.8 Å². The maximum atomic E-state index is 12.8. The zero-order valence-electron chi connectivity index (χ0n) is 9.33. The molecule has 92 valence electrons. The molecular weight excluding hydrogens is 227 g/mol. The van der Waals surface area contributed by atoms with Gasteiger partial charge in [-0.1, -0.05) is 6.07 Å². The summed E-state index contributed by atoms with van der Waals surface area (Å²) in [7, 11) is 1.27. The van der Waals surface area contributed by atoms with Gasteiger partial charge in [0.2, 0.25) is 0 Å². The quantitative estimate of drug-likeness (QED) is 0.784. The first-order chi connectivity index (χ1) is 8.11. The van der Waals surface area contributed by atoms with Gasteiger partial charge in [-0.2, -0.15) is 0 Å². The number of hydrogen-bond acceptors (Lipinski definition) is 3. The number of amides is 2. The number of carbonyl (C=O) groups excluding carboxylic acids is 2. The van der Waals surface area contributed by atoms with Crippen molar-refractivity contribution in [1.29, 1.82) is 0 Å². The molecule has 0 aromatic heterocycles. The molecule has 0 unspecified atom stereocenters. The molecule has 0 fully saturated rings. The van der Waals surface area contributed by atoms with Gasteiger partial charge in [0.1, 0.15) is 5.82 Å². The zero-order chi connectivity index (χ0) is 12.7. The third-order valence-corrected chi connectivity index (χ3v) is 1.92. The average molecular weight is 240 g/mol. The van der Waals surface area contributed by atoms with Gasteiger partial charge in [-0.15, -0.1) is 0 Å². The van der Waals surface area contributed by atoms with E-state index in [0.717, 1.165) is 0 Å². The number of halogens is 1. The summed E-state index contributed by atoms with van der Waals surface area (Å²) in [5, 5.41) is 4.87. The molecule has 2 amide bonds. The minimum atomic E-state index is -0.500. The fourth-order valence-electron chi connectivity index (χ4n) is 1.12. The molecule has 17 heavy (non-hydrogen) atoms. The number of rotatable bonds is 4. The first kappa shape index (κ1) is 13.0. The topological polar surface area (TPSA) is 67.4 Å². The Labute approximate surface area is 98.0 Å². The molecule has 0 atom stereocenters. The van der Waals surface area contributed by atoms with Gasteiger partial charge < -0.3 is 15.4 Å².